The minimum Gasteiger partial charge on any atom is -0.494 e. The van der Waals surface area contributed by atoms with Crippen LogP contribution in [0.1, 0.15) is 42.6 Å². The third kappa shape index (κ3) is 5.49. The van der Waals surface area contributed by atoms with Crippen LogP contribution in [0.5, 0.6) is 5.75 Å². The number of para-hydroxylation sites is 2. The van der Waals surface area contributed by atoms with Crippen molar-refractivity contribution in [2.75, 3.05) is 19.8 Å². The molecule has 4 rings (SSSR count). The lowest BCUT2D eigenvalue weighted by molar-refractivity contribution is -0.130. The number of imidazole rings is 1. The van der Waals surface area contributed by atoms with Crippen LogP contribution in [0.25, 0.3) is 11.0 Å². The maximum absolute atomic E-state index is 12.2. The van der Waals surface area contributed by atoms with Crippen molar-refractivity contribution in [3.63, 3.8) is 0 Å². The van der Waals surface area contributed by atoms with Crippen LogP contribution in [-0.4, -0.2) is 41.3 Å². The zero-order valence-electron chi connectivity index (χ0n) is 19.1. The third-order valence-corrected chi connectivity index (χ3v) is 6.13. The number of rotatable bonds is 10. The van der Waals surface area contributed by atoms with Crippen molar-refractivity contribution < 1.29 is 14.3 Å². The highest BCUT2D eigenvalue weighted by atomic mass is 16.5. The molecule has 1 atom stereocenters. The van der Waals surface area contributed by atoms with Gasteiger partial charge in [0.2, 0.25) is 5.91 Å². The number of fused-ring (bicyclic) bond motifs is 1. The van der Waals surface area contributed by atoms with E-state index in [1.54, 1.807) is 0 Å². The number of ether oxygens (including phenoxy) is 2. The van der Waals surface area contributed by atoms with Gasteiger partial charge in [0.25, 0.3) is 0 Å². The molecule has 1 aromatic heterocycles. The summed E-state index contributed by atoms with van der Waals surface area (Å²) in [5.74, 6) is 1.94. The maximum Gasteiger partial charge on any atom is 0.249 e. The Hall–Kier alpha value is -2.86. The first-order valence-electron chi connectivity index (χ1n) is 11.7. The topological polar surface area (TPSA) is 65.4 Å². The van der Waals surface area contributed by atoms with Crippen LogP contribution in [0.4, 0.5) is 0 Å². The van der Waals surface area contributed by atoms with E-state index in [2.05, 4.69) is 41.9 Å². The van der Waals surface area contributed by atoms with Crippen molar-refractivity contribution >= 4 is 16.9 Å². The van der Waals surface area contributed by atoms with Crippen molar-refractivity contribution in [3.8, 4) is 5.75 Å². The molecule has 0 aliphatic carbocycles. The van der Waals surface area contributed by atoms with E-state index >= 15 is 0 Å². The molecule has 2 aromatic carbocycles. The Morgan fingerprint density at radius 1 is 1.19 bits per heavy atom. The third-order valence-electron chi connectivity index (χ3n) is 6.13. The standard InChI is InChI=1S/C26H33N3O3/c1-19-11-12-21(18-20(19)2)31-16-6-5-15-29-23-9-4-3-8-22(23)28-25(29)13-14-27-26(30)24-10-7-17-32-24/h3-4,8-9,11-12,18,24H,5-7,10,13-17H2,1-2H3,(H,27,30). The van der Waals surface area contributed by atoms with Gasteiger partial charge in [-0.3, -0.25) is 4.79 Å². The number of hydrogen-bond acceptors (Lipinski definition) is 4. The van der Waals surface area contributed by atoms with Gasteiger partial charge in [-0.25, -0.2) is 4.98 Å². The molecule has 1 aliphatic heterocycles. The van der Waals surface area contributed by atoms with Gasteiger partial charge in [-0.2, -0.15) is 0 Å². The second-order valence-corrected chi connectivity index (χ2v) is 8.51. The van der Waals surface area contributed by atoms with E-state index in [0.29, 0.717) is 26.2 Å². The largest absolute Gasteiger partial charge is 0.494 e. The van der Waals surface area contributed by atoms with Gasteiger partial charge in [0.1, 0.15) is 17.7 Å². The fraction of sp³-hybridized carbons (Fsp3) is 0.462. The summed E-state index contributed by atoms with van der Waals surface area (Å²) in [6.45, 7) is 7.05. The molecule has 0 radical (unpaired) electrons. The van der Waals surface area contributed by atoms with Gasteiger partial charge in [-0.15, -0.1) is 0 Å². The van der Waals surface area contributed by atoms with Crippen molar-refractivity contribution in [2.24, 2.45) is 0 Å². The molecule has 1 saturated heterocycles. The number of amides is 1. The highest BCUT2D eigenvalue weighted by molar-refractivity contribution is 5.81. The maximum atomic E-state index is 12.2. The Morgan fingerprint density at radius 3 is 2.88 bits per heavy atom. The van der Waals surface area contributed by atoms with Crippen LogP contribution in [0, 0.1) is 13.8 Å². The number of carbonyl (C=O) groups excluding carboxylic acids is 1. The lowest BCUT2D eigenvalue weighted by Gasteiger charge is -2.12. The second kappa shape index (κ2) is 10.6. The predicted molar refractivity (Wildman–Crippen MR) is 126 cm³/mol. The predicted octanol–water partition coefficient (Wildman–Crippen LogP) is 4.35. The second-order valence-electron chi connectivity index (χ2n) is 8.51. The molecule has 1 N–H and O–H groups in total. The number of nitrogens with one attached hydrogen (secondary N) is 1. The van der Waals surface area contributed by atoms with Crippen LogP contribution >= 0.6 is 0 Å². The molecule has 0 bridgehead atoms. The van der Waals surface area contributed by atoms with E-state index in [1.807, 2.05) is 24.3 Å². The summed E-state index contributed by atoms with van der Waals surface area (Å²) in [5, 5.41) is 3.01. The first-order valence-corrected chi connectivity index (χ1v) is 11.7. The molecule has 0 spiro atoms. The van der Waals surface area contributed by atoms with Gasteiger partial charge >= 0.3 is 0 Å². The SMILES string of the molecule is Cc1ccc(OCCCCn2c(CCNC(=O)C3CCCO3)nc3ccccc32)cc1C. The number of unbranched alkanes of at least 4 members (excludes halogenated alkanes) is 1. The molecule has 1 unspecified atom stereocenters. The van der Waals surface area contributed by atoms with Crippen LogP contribution in [0.2, 0.25) is 0 Å². The van der Waals surface area contributed by atoms with Gasteiger partial charge in [0.05, 0.1) is 17.6 Å². The fourth-order valence-corrected chi connectivity index (χ4v) is 4.13. The van der Waals surface area contributed by atoms with Gasteiger partial charge in [0.15, 0.2) is 0 Å². The Kier molecular flexibility index (Phi) is 7.43. The van der Waals surface area contributed by atoms with E-state index in [9.17, 15) is 4.79 Å². The van der Waals surface area contributed by atoms with Gasteiger partial charge in [-0.05, 0) is 74.9 Å². The summed E-state index contributed by atoms with van der Waals surface area (Å²) in [7, 11) is 0. The summed E-state index contributed by atoms with van der Waals surface area (Å²) >= 11 is 0. The fourth-order valence-electron chi connectivity index (χ4n) is 4.13. The quantitative estimate of drug-likeness (QED) is 0.481. The molecule has 1 amide bonds. The van der Waals surface area contributed by atoms with E-state index < -0.39 is 0 Å². The zero-order chi connectivity index (χ0) is 22.3. The highest BCUT2D eigenvalue weighted by Crippen LogP contribution is 2.19. The summed E-state index contributed by atoms with van der Waals surface area (Å²) in [6, 6.07) is 14.5. The molecule has 6 nitrogen and oxygen atoms in total. The Labute approximate surface area is 189 Å². The Bertz CT molecular complexity index is 1050. The van der Waals surface area contributed by atoms with Crippen LogP contribution < -0.4 is 10.1 Å². The highest BCUT2D eigenvalue weighted by Gasteiger charge is 2.23. The number of carbonyl (C=O) groups is 1. The van der Waals surface area contributed by atoms with Crippen molar-refractivity contribution in [1.29, 1.82) is 0 Å². The number of nitrogens with zero attached hydrogens (tertiary/aromatic N) is 2. The summed E-state index contributed by atoms with van der Waals surface area (Å²) in [6.07, 6.45) is 4.16. The van der Waals surface area contributed by atoms with Gasteiger partial charge in [-0.1, -0.05) is 18.2 Å². The minimum absolute atomic E-state index is 0.00588. The van der Waals surface area contributed by atoms with E-state index in [-0.39, 0.29) is 12.0 Å². The average molecular weight is 436 g/mol. The summed E-state index contributed by atoms with van der Waals surface area (Å²) < 4.78 is 13.7. The molecule has 1 fully saturated rings. The molecular weight excluding hydrogens is 402 g/mol. The number of aromatic nitrogens is 2. The summed E-state index contributed by atoms with van der Waals surface area (Å²) in [4.78, 5) is 17.0. The lowest BCUT2D eigenvalue weighted by Crippen LogP contribution is -2.35. The number of benzene rings is 2. The van der Waals surface area contributed by atoms with Crippen molar-refractivity contribution in [3.05, 3.63) is 59.4 Å². The van der Waals surface area contributed by atoms with Crippen molar-refractivity contribution in [1.82, 2.24) is 14.9 Å². The molecule has 3 aromatic rings. The van der Waals surface area contributed by atoms with Gasteiger partial charge in [0, 0.05) is 26.1 Å². The summed E-state index contributed by atoms with van der Waals surface area (Å²) in [5.41, 5.74) is 4.68. The molecule has 1 aliphatic rings. The lowest BCUT2D eigenvalue weighted by atomic mass is 10.1. The van der Waals surface area contributed by atoms with E-state index in [4.69, 9.17) is 14.5 Å². The zero-order valence-corrected chi connectivity index (χ0v) is 19.1. The Morgan fingerprint density at radius 2 is 2.06 bits per heavy atom. The first kappa shape index (κ1) is 22.3. The van der Waals surface area contributed by atoms with Crippen molar-refractivity contribution in [2.45, 2.75) is 58.6 Å². The average Bonchev–Trinajstić information content (AvgIpc) is 3.44. The van der Waals surface area contributed by atoms with E-state index in [1.165, 1.54) is 11.1 Å². The van der Waals surface area contributed by atoms with Gasteiger partial charge < -0.3 is 19.4 Å². The molecule has 0 saturated carbocycles. The number of hydrogen-bond donors (Lipinski definition) is 1. The first-order chi connectivity index (χ1) is 15.6. The molecule has 170 valence electrons. The monoisotopic (exact) mass is 435 g/mol. The molecular formula is C26H33N3O3. The van der Waals surface area contributed by atoms with E-state index in [0.717, 1.165) is 54.8 Å². The van der Waals surface area contributed by atoms with Crippen LogP contribution in [0.15, 0.2) is 42.5 Å². The minimum atomic E-state index is -0.286. The number of aryl methyl sites for hydroxylation is 3. The molecule has 2 heterocycles. The molecule has 32 heavy (non-hydrogen) atoms. The molecule has 6 heteroatoms. The van der Waals surface area contributed by atoms with Crippen LogP contribution in [0.3, 0.4) is 0 Å². The normalized spacial score (nSPS) is 15.9. The van der Waals surface area contributed by atoms with Crippen LogP contribution in [-0.2, 0) is 22.5 Å². The Balaban J connectivity index is 1.30. The smallest absolute Gasteiger partial charge is 0.249 e.